The summed E-state index contributed by atoms with van der Waals surface area (Å²) in [6.45, 7) is 1.80. The average Bonchev–Trinajstić information content (AvgIpc) is 2.38. The third kappa shape index (κ3) is 3.69. The lowest BCUT2D eigenvalue weighted by molar-refractivity contribution is 0.198. The van der Waals surface area contributed by atoms with Gasteiger partial charge in [0.25, 0.3) is 0 Å². The lowest BCUT2D eigenvalue weighted by Crippen LogP contribution is -1.99. The first-order valence-corrected chi connectivity index (χ1v) is 6.29. The molecule has 0 heterocycles. The van der Waals surface area contributed by atoms with Gasteiger partial charge in [0.05, 0.1) is 6.10 Å². The van der Waals surface area contributed by atoms with E-state index in [-0.39, 0.29) is 12.4 Å². The van der Waals surface area contributed by atoms with Gasteiger partial charge in [0.15, 0.2) is 0 Å². The minimum Gasteiger partial charge on any atom is -0.489 e. The van der Waals surface area contributed by atoms with E-state index in [9.17, 15) is 9.50 Å². The van der Waals surface area contributed by atoms with Gasteiger partial charge >= 0.3 is 0 Å². The molecule has 1 atom stereocenters. The average molecular weight is 281 g/mol. The highest BCUT2D eigenvalue weighted by Gasteiger charge is 2.05. The van der Waals surface area contributed by atoms with Gasteiger partial charge in [0, 0.05) is 10.6 Å². The molecule has 2 rings (SSSR count). The molecule has 4 heteroatoms. The summed E-state index contributed by atoms with van der Waals surface area (Å²) in [7, 11) is 0. The highest BCUT2D eigenvalue weighted by atomic mass is 35.5. The first kappa shape index (κ1) is 13.8. The summed E-state index contributed by atoms with van der Waals surface area (Å²) in [5.74, 6) is 0.201. The Kier molecular flexibility index (Phi) is 4.40. The molecular formula is C15H14ClFO2. The number of aliphatic hydroxyl groups is 1. The van der Waals surface area contributed by atoms with Crippen LogP contribution in [0.5, 0.6) is 5.75 Å². The largest absolute Gasteiger partial charge is 0.489 e. The van der Waals surface area contributed by atoms with E-state index >= 15 is 0 Å². The zero-order chi connectivity index (χ0) is 13.8. The fraction of sp³-hybridized carbons (Fsp3) is 0.200. The summed E-state index contributed by atoms with van der Waals surface area (Å²) in [5.41, 5.74) is 1.20. The van der Waals surface area contributed by atoms with Crippen LogP contribution in [0.3, 0.4) is 0 Å². The smallest absolute Gasteiger partial charge is 0.131 e. The van der Waals surface area contributed by atoms with E-state index < -0.39 is 6.10 Å². The van der Waals surface area contributed by atoms with Crippen molar-refractivity contribution >= 4 is 11.6 Å². The topological polar surface area (TPSA) is 29.5 Å². The molecule has 0 spiro atoms. The Balaban J connectivity index is 2.08. The first-order valence-electron chi connectivity index (χ1n) is 5.91. The number of hydrogen-bond acceptors (Lipinski definition) is 2. The second kappa shape index (κ2) is 6.04. The summed E-state index contributed by atoms with van der Waals surface area (Å²) >= 11 is 5.68. The molecule has 1 N–H and O–H groups in total. The van der Waals surface area contributed by atoms with Crippen LogP contribution in [0.4, 0.5) is 4.39 Å². The number of hydrogen-bond donors (Lipinski definition) is 1. The molecule has 2 nitrogen and oxygen atoms in total. The molecule has 19 heavy (non-hydrogen) atoms. The Hall–Kier alpha value is -1.58. The van der Waals surface area contributed by atoms with E-state index in [1.54, 1.807) is 43.3 Å². The predicted molar refractivity (Wildman–Crippen MR) is 72.8 cm³/mol. The maximum Gasteiger partial charge on any atom is 0.131 e. The van der Waals surface area contributed by atoms with Gasteiger partial charge in [-0.1, -0.05) is 29.8 Å². The van der Waals surface area contributed by atoms with E-state index in [4.69, 9.17) is 16.3 Å². The number of halogens is 2. The van der Waals surface area contributed by atoms with Crippen molar-refractivity contribution in [3.05, 3.63) is 64.4 Å². The zero-order valence-corrected chi connectivity index (χ0v) is 11.2. The van der Waals surface area contributed by atoms with Crippen molar-refractivity contribution in [1.82, 2.24) is 0 Å². The quantitative estimate of drug-likeness (QED) is 0.913. The lowest BCUT2D eigenvalue weighted by Gasteiger charge is -2.10. The van der Waals surface area contributed by atoms with Gasteiger partial charge in [0.2, 0.25) is 0 Å². The van der Waals surface area contributed by atoms with Crippen LogP contribution in [-0.2, 0) is 6.61 Å². The van der Waals surface area contributed by atoms with E-state index in [2.05, 4.69) is 0 Å². The summed E-state index contributed by atoms with van der Waals surface area (Å²) in [6, 6.07) is 11.6. The minimum absolute atomic E-state index is 0.117. The highest BCUT2D eigenvalue weighted by Crippen LogP contribution is 2.21. The molecular weight excluding hydrogens is 267 g/mol. The van der Waals surface area contributed by atoms with Crippen LogP contribution in [0.25, 0.3) is 0 Å². The summed E-state index contributed by atoms with van der Waals surface area (Å²) in [5, 5.41) is 9.84. The fourth-order valence-electron chi connectivity index (χ4n) is 1.66. The molecule has 0 unspecified atom stereocenters. The van der Waals surface area contributed by atoms with Crippen molar-refractivity contribution in [3.8, 4) is 5.75 Å². The van der Waals surface area contributed by atoms with Crippen LogP contribution in [0.15, 0.2) is 42.5 Å². The van der Waals surface area contributed by atoms with Gasteiger partial charge in [0.1, 0.15) is 18.2 Å². The fourth-order valence-corrected chi connectivity index (χ4v) is 1.82. The molecule has 2 aromatic carbocycles. The van der Waals surface area contributed by atoms with Crippen LogP contribution >= 0.6 is 11.6 Å². The number of ether oxygens (including phenoxy) is 1. The van der Waals surface area contributed by atoms with Gasteiger partial charge in [-0.3, -0.25) is 0 Å². The molecule has 100 valence electrons. The zero-order valence-electron chi connectivity index (χ0n) is 10.4. The number of rotatable bonds is 4. The molecule has 0 saturated carbocycles. The summed E-state index contributed by atoms with van der Waals surface area (Å²) in [6.07, 6.45) is -0.559. The second-order valence-electron chi connectivity index (χ2n) is 4.27. The predicted octanol–water partition coefficient (Wildman–Crippen LogP) is 4.11. The summed E-state index contributed by atoms with van der Waals surface area (Å²) in [4.78, 5) is 0. The molecule has 0 aliphatic carbocycles. The molecule has 0 fully saturated rings. The van der Waals surface area contributed by atoms with Crippen LogP contribution in [-0.4, -0.2) is 5.11 Å². The lowest BCUT2D eigenvalue weighted by atomic mass is 10.1. The van der Waals surface area contributed by atoms with Gasteiger partial charge in [-0.05, 0) is 36.8 Å². The molecule has 0 amide bonds. The van der Waals surface area contributed by atoms with E-state index in [0.717, 1.165) is 5.56 Å². The molecule has 0 aliphatic heterocycles. The Morgan fingerprint density at radius 3 is 2.74 bits per heavy atom. The maximum atomic E-state index is 13.6. The van der Waals surface area contributed by atoms with Gasteiger partial charge in [-0.2, -0.15) is 0 Å². The van der Waals surface area contributed by atoms with E-state index in [1.807, 2.05) is 0 Å². The Labute approximate surface area is 116 Å². The van der Waals surface area contributed by atoms with E-state index in [1.165, 1.54) is 6.07 Å². The van der Waals surface area contributed by atoms with Crippen molar-refractivity contribution in [2.45, 2.75) is 19.6 Å². The van der Waals surface area contributed by atoms with Crippen molar-refractivity contribution in [2.75, 3.05) is 0 Å². The van der Waals surface area contributed by atoms with Gasteiger partial charge in [-0.25, -0.2) is 4.39 Å². The monoisotopic (exact) mass is 280 g/mol. The minimum atomic E-state index is -0.559. The van der Waals surface area contributed by atoms with Crippen LogP contribution < -0.4 is 4.74 Å². The molecule has 0 aliphatic rings. The van der Waals surface area contributed by atoms with Crippen molar-refractivity contribution in [2.24, 2.45) is 0 Å². The Bertz CT molecular complexity index is 570. The standard InChI is InChI=1S/C15H14ClFO2/c1-10(18)11-3-2-4-14(7-11)19-9-12-5-6-13(16)8-15(12)17/h2-8,10,18H,9H2,1H3/t10-/m0/s1. The molecule has 0 bridgehead atoms. The molecule has 0 aromatic heterocycles. The molecule has 0 saturated heterocycles. The molecule has 2 aromatic rings. The van der Waals surface area contributed by atoms with Crippen LogP contribution in [0.2, 0.25) is 5.02 Å². The Morgan fingerprint density at radius 1 is 1.26 bits per heavy atom. The number of benzene rings is 2. The van der Waals surface area contributed by atoms with Crippen molar-refractivity contribution in [1.29, 1.82) is 0 Å². The summed E-state index contributed by atoms with van der Waals surface area (Å²) < 4.78 is 19.1. The van der Waals surface area contributed by atoms with Crippen LogP contribution in [0.1, 0.15) is 24.2 Å². The van der Waals surface area contributed by atoms with E-state index in [0.29, 0.717) is 16.3 Å². The third-order valence-electron chi connectivity index (χ3n) is 2.75. The van der Waals surface area contributed by atoms with Gasteiger partial charge in [-0.15, -0.1) is 0 Å². The third-order valence-corrected chi connectivity index (χ3v) is 2.99. The number of aliphatic hydroxyl groups excluding tert-OH is 1. The van der Waals surface area contributed by atoms with Crippen molar-refractivity contribution in [3.63, 3.8) is 0 Å². The second-order valence-corrected chi connectivity index (χ2v) is 4.71. The van der Waals surface area contributed by atoms with Crippen LogP contribution in [0, 0.1) is 5.82 Å². The molecule has 0 radical (unpaired) electrons. The maximum absolute atomic E-state index is 13.6. The normalized spacial score (nSPS) is 12.2. The Morgan fingerprint density at radius 2 is 2.05 bits per heavy atom. The van der Waals surface area contributed by atoms with Crippen molar-refractivity contribution < 1.29 is 14.2 Å². The highest BCUT2D eigenvalue weighted by molar-refractivity contribution is 6.30. The SMILES string of the molecule is C[C@H](O)c1cccc(OCc2ccc(Cl)cc2F)c1. The first-order chi connectivity index (χ1) is 9.06. The van der Waals surface area contributed by atoms with Gasteiger partial charge < -0.3 is 9.84 Å².